The molecule has 2 aromatic heterocycles. The topological polar surface area (TPSA) is 90.7 Å². The first-order chi connectivity index (χ1) is 13.6. The van der Waals surface area contributed by atoms with Crippen molar-refractivity contribution in [3.05, 3.63) is 64.3 Å². The number of aliphatic hydroxyl groups is 1. The van der Waals surface area contributed by atoms with E-state index in [0.717, 1.165) is 22.4 Å². The van der Waals surface area contributed by atoms with E-state index in [4.69, 9.17) is 21.4 Å². The molecular formula is C20H23N3O4S. The van der Waals surface area contributed by atoms with Gasteiger partial charge in [-0.1, -0.05) is 0 Å². The van der Waals surface area contributed by atoms with Gasteiger partial charge in [-0.3, -0.25) is 4.79 Å². The van der Waals surface area contributed by atoms with Crippen molar-refractivity contribution in [1.82, 2.24) is 15.2 Å². The first-order valence-electron chi connectivity index (χ1n) is 9.05. The molecule has 28 heavy (non-hydrogen) atoms. The van der Waals surface area contributed by atoms with E-state index in [1.165, 1.54) is 0 Å². The van der Waals surface area contributed by atoms with Gasteiger partial charge in [0.25, 0.3) is 5.56 Å². The van der Waals surface area contributed by atoms with Crippen molar-refractivity contribution in [2.24, 2.45) is 0 Å². The molecule has 0 bridgehead atoms. The fourth-order valence-electron chi connectivity index (χ4n) is 2.87. The summed E-state index contributed by atoms with van der Waals surface area (Å²) in [7, 11) is 0. The van der Waals surface area contributed by atoms with Crippen LogP contribution in [-0.4, -0.2) is 39.9 Å². The summed E-state index contributed by atoms with van der Waals surface area (Å²) in [5.41, 5.74) is 1.11. The first-order valence-corrected chi connectivity index (χ1v) is 9.46. The quantitative estimate of drug-likeness (QED) is 0.499. The highest BCUT2D eigenvalue weighted by Crippen LogP contribution is 2.19. The average Bonchev–Trinajstić information content (AvgIpc) is 3.20. The van der Waals surface area contributed by atoms with E-state index in [9.17, 15) is 9.90 Å². The summed E-state index contributed by atoms with van der Waals surface area (Å²) >= 11 is 5.44. The second kappa shape index (κ2) is 9.38. The van der Waals surface area contributed by atoms with Gasteiger partial charge < -0.3 is 29.5 Å². The van der Waals surface area contributed by atoms with Gasteiger partial charge in [0, 0.05) is 23.0 Å². The minimum atomic E-state index is -0.187. The molecule has 3 rings (SSSR count). The third kappa shape index (κ3) is 4.90. The zero-order valence-electron chi connectivity index (χ0n) is 15.6. The molecule has 2 heterocycles. The minimum absolute atomic E-state index is 0.0808. The van der Waals surface area contributed by atoms with Crippen molar-refractivity contribution in [2.75, 3.05) is 19.8 Å². The number of rotatable bonds is 8. The number of aliphatic hydroxyl groups excluding tert-OH is 1. The summed E-state index contributed by atoms with van der Waals surface area (Å²) in [6.45, 7) is 3.42. The Morgan fingerprint density at radius 1 is 1.36 bits per heavy atom. The van der Waals surface area contributed by atoms with Crippen LogP contribution in [0, 0.1) is 0 Å². The maximum Gasteiger partial charge on any atom is 0.253 e. The second-order valence-corrected chi connectivity index (χ2v) is 6.58. The van der Waals surface area contributed by atoms with Gasteiger partial charge in [0.05, 0.1) is 32.6 Å². The number of fused-ring (bicyclic) bond motifs is 1. The molecule has 3 aromatic rings. The highest BCUT2D eigenvalue weighted by molar-refractivity contribution is 7.80. The van der Waals surface area contributed by atoms with Crippen molar-refractivity contribution in [3.63, 3.8) is 0 Å². The molecule has 148 valence electrons. The summed E-state index contributed by atoms with van der Waals surface area (Å²) < 4.78 is 10.8. The van der Waals surface area contributed by atoms with Gasteiger partial charge >= 0.3 is 0 Å². The summed E-state index contributed by atoms with van der Waals surface area (Å²) in [5, 5.41) is 13.8. The van der Waals surface area contributed by atoms with Crippen molar-refractivity contribution >= 4 is 28.2 Å². The van der Waals surface area contributed by atoms with E-state index in [0.29, 0.717) is 30.4 Å². The molecule has 0 amide bonds. The van der Waals surface area contributed by atoms with Crippen molar-refractivity contribution in [2.45, 2.75) is 20.0 Å². The maximum absolute atomic E-state index is 12.5. The van der Waals surface area contributed by atoms with Crippen LogP contribution >= 0.6 is 12.2 Å². The predicted octanol–water partition coefficient (Wildman–Crippen LogP) is 2.39. The van der Waals surface area contributed by atoms with Crippen LogP contribution in [0.2, 0.25) is 0 Å². The van der Waals surface area contributed by atoms with Crippen LogP contribution in [0.4, 0.5) is 0 Å². The van der Waals surface area contributed by atoms with Gasteiger partial charge in [-0.25, -0.2) is 0 Å². The van der Waals surface area contributed by atoms with Crippen molar-refractivity contribution in [1.29, 1.82) is 0 Å². The molecule has 0 aliphatic rings. The predicted molar refractivity (Wildman–Crippen MR) is 111 cm³/mol. The minimum Gasteiger partial charge on any atom is -0.494 e. The molecule has 3 N–H and O–H groups in total. The number of benzene rings is 1. The largest absolute Gasteiger partial charge is 0.494 e. The second-order valence-electron chi connectivity index (χ2n) is 6.19. The van der Waals surface area contributed by atoms with Crippen LogP contribution in [0.15, 0.2) is 51.9 Å². The van der Waals surface area contributed by atoms with Gasteiger partial charge in [-0.15, -0.1) is 0 Å². The molecule has 0 saturated carbocycles. The van der Waals surface area contributed by atoms with Gasteiger partial charge in [0.1, 0.15) is 11.5 Å². The molecule has 0 radical (unpaired) electrons. The molecule has 0 atom stereocenters. The van der Waals surface area contributed by atoms with Crippen molar-refractivity contribution in [3.8, 4) is 5.75 Å². The lowest BCUT2D eigenvalue weighted by Gasteiger charge is -2.24. The number of hydrogen-bond donors (Lipinski definition) is 3. The number of hydrogen-bond acceptors (Lipinski definition) is 5. The van der Waals surface area contributed by atoms with E-state index >= 15 is 0 Å². The SMILES string of the molecule is CCOc1ccc2[nH]c(=O)c(CN(CCO)C(=S)NCc3ccco3)cc2c1. The number of nitrogens with one attached hydrogen (secondary N) is 2. The molecule has 0 spiro atoms. The molecule has 0 unspecified atom stereocenters. The summed E-state index contributed by atoms with van der Waals surface area (Å²) in [5.74, 6) is 1.49. The summed E-state index contributed by atoms with van der Waals surface area (Å²) in [4.78, 5) is 17.1. The average molecular weight is 401 g/mol. The molecule has 0 fully saturated rings. The standard InChI is InChI=1S/C20H23N3O4S/c1-2-26-16-5-6-18-14(11-16)10-15(19(25)22-18)13-23(7-8-24)20(28)21-12-17-4-3-9-27-17/h3-6,9-11,24H,2,7-8,12-13H2,1H3,(H,21,28)(H,22,25). The van der Waals surface area contributed by atoms with E-state index < -0.39 is 0 Å². The molecular weight excluding hydrogens is 378 g/mol. The fraction of sp³-hybridized carbons (Fsp3) is 0.300. The normalized spacial score (nSPS) is 10.8. The smallest absolute Gasteiger partial charge is 0.253 e. The van der Waals surface area contributed by atoms with Crippen LogP contribution in [0.25, 0.3) is 10.9 Å². The maximum atomic E-state index is 12.5. The van der Waals surface area contributed by atoms with E-state index in [-0.39, 0.29) is 18.7 Å². The molecule has 0 aliphatic carbocycles. The van der Waals surface area contributed by atoms with Crippen LogP contribution < -0.4 is 15.6 Å². The third-order valence-electron chi connectivity index (χ3n) is 4.22. The molecule has 0 aliphatic heterocycles. The Hall–Kier alpha value is -2.84. The van der Waals surface area contributed by atoms with Crippen LogP contribution in [0.1, 0.15) is 18.2 Å². The lowest BCUT2D eigenvalue weighted by molar-refractivity contribution is 0.245. The Kier molecular flexibility index (Phi) is 6.67. The zero-order valence-corrected chi connectivity index (χ0v) is 16.4. The number of H-pyrrole nitrogens is 1. The van der Waals surface area contributed by atoms with E-state index in [1.54, 1.807) is 17.2 Å². The number of thiocarbonyl (C=S) groups is 1. The van der Waals surface area contributed by atoms with E-state index in [1.807, 2.05) is 37.3 Å². The fourth-order valence-corrected chi connectivity index (χ4v) is 3.10. The van der Waals surface area contributed by atoms with Crippen molar-refractivity contribution < 1.29 is 14.3 Å². The Morgan fingerprint density at radius 2 is 2.21 bits per heavy atom. The summed E-state index contributed by atoms with van der Waals surface area (Å²) in [6, 6.07) is 11.0. The first kappa shape index (κ1) is 19.9. The summed E-state index contributed by atoms with van der Waals surface area (Å²) in [6.07, 6.45) is 1.59. The lowest BCUT2D eigenvalue weighted by Crippen LogP contribution is -2.41. The number of ether oxygens (including phenoxy) is 1. The number of aromatic amines is 1. The van der Waals surface area contributed by atoms with Gasteiger partial charge in [0.2, 0.25) is 0 Å². The zero-order chi connectivity index (χ0) is 19.9. The molecule has 1 aromatic carbocycles. The van der Waals surface area contributed by atoms with Gasteiger partial charge in [0.15, 0.2) is 5.11 Å². The third-order valence-corrected chi connectivity index (χ3v) is 4.62. The Morgan fingerprint density at radius 3 is 2.93 bits per heavy atom. The Balaban J connectivity index is 1.79. The number of pyridine rings is 1. The van der Waals surface area contributed by atoms with Crippen LogP contribution in [0.3, 0.4) is 0 Å². The van der Waals surface area contributed by atoms with Crippen LogP contribution in [-0.2, 0) is 13.1 Å². The molecule has 7 nitrogen and oxygen atoms in total. The highest BCUT2D eigenvalue weighted by atomic mass is 32.1. The number of nitrogens with zero attached hydrogens (tertiary/aromatic N) is 1. The van der Waals surface area contributed by atoms with E-state index in [2.05, 4.69) is 10.3 Å². The highest BCUT2D eigenvalue weighted by Gasteiger charge is 2.13. The van der Waals surface area contributed by atoms with Crippen LogP contribution in [0.5, 0.6) is 5.75 Å². The monoisotopic (exact) mass is 401 g/mol. The number of aromatic nitrogens is 1. The Bertz CT molecular complexity index is 985. The molecule has 0 saturated heterocycles. The molecule has 8 heteroatoms. The lowest BCUT2D eigenvalue weighted by atomic mass is 10.1. The number of furan rings is 1. The van der Waals surface area contributed by atoms with Gasteiger partial charge in [-0.2, -0.15) is 0 Å². The Labute approximate surface area is 167 Å². The van der Waals surface area contributed by atoms with Gasteiger partial charge in [-0.05, 0) is 55.5 Å².